The molecule has 0 spiro atoms. The Hall–Kier alpha value is -1.46. The van der Waals surface area contributed by atoms with Gasteiger partial charge in [0.25, 0.3) is 0 Å². The summed E-state index contributed by atoms with van der Waals surface area (Å²) >= 11 is 6.10. The maximum Gasteiger partial charge on any atom is 0.339 e. The molecule has 18 heavy (non-hydrogen) atoms. The summed E-state index contributed by atoms with van der Waals surface area (Å²) in [5, 5.41) is 10.1. The van der Waals surface area contributed by atoms with Gasteiger partial charge in [-0.1, -0.05) is 11.6 Å². The van der Waals surface area contributed by atoms with Gasteiger partial charge < -0.3 is 19.3 Å². The Morgan fingerprint density at radius 3 is 2.28 bits per heavy atom. The molecule has 0 aliphatic rings. The van der Waals surface area contributed by atoms with Crippen molar-refractivity contribution in [1.82, 2.24) is 0 Å². The Labute approximate surface area is 110 Å². The molecule has 0 amide bonds. The molecule has 0 saturated carbocycles. The largest absolute Gasteiger partial charge is 0.495 e. The number of halogens is 1. The molecule has 1 unspecified atom stereocenters. The fourth-order valence-corrected chi connectivity index (χ4v) is 2.08. The lowest BCUT2D eigenvalue weighted by Gasteiger charge is -2.18. The number of aliphatic hydroxyl groups excluding tert-OH is 1. The summed E-state index contributed by atoms with van der Waals surface area (Å²) in [6.45, 7) is 1.75. The number of carbonyl (C=O) groups is 1. The van der Waals surface area contributed by atoms with Gasteiger partial charge in [-0.15, -0.1) is 0 Å². The van der Waals surface area contributed by atoms with Crippen LogP contribution in [0.25, 0.3) is 0 Å². The first kappa shape index (κ1) is 14.6. The summed E-state index contributed by atoms with van der Waals surface area (Å²) in [5.41, 5.74) is 0.925. The van der Waals surface area contributed by atoms with Crippen molar-refractivity contribution in [3.8, 4) is 11.5 Å². The van der Waals surface area contributed by atoms with Crippen molar-refractivity contribution in [1.29, 1.82) is 0 Å². The number of hydrogen-bond donors (Lipinski definition) is 1. The highest BCUT2D eigenvalue weighted by Gasteiger charge is 2.26. The zero-order valence-electron chi connectivity index (χ0n) is 10.6. The number of esters is 1. The highest BCUT2D eigenvalue weighted by atomic mass is 35.5. The molecule has 1 atom stereocenters. The van der Waals surface area contributed by atoms with Crippen LogP contribution in [-0.4, -0.2) is 32.4 Å². The van der Waals surface area contributed by atoms with Gasteiger partial charge in [0.05, 0.1) is 21.3 Å². The molecule has 5 nitrogen and oxygen atoms in total. The second kappa shape index (κ2) is 5.93. The Morgan fingerprint density at radius 1 is 1.28 bits per heavy atom. The van der Waals surface area contributed by atoms with Crippen molar-refractivity contribution in [2.24, 2.45) is 0 Å². The van der Waals surface area contributed by atoms with Gasteiger partial charge in [0.15, 0.2) is 6.10 Å². The molecule has 6 heteroatoms. The van der Waals surface area contributed by atoms with E-state index in [1.807, 2.05) is 0 Å². The van der Waals surface area contributed by atoms with E-state index < -0.39 is 12.1 Å². The first-order chi connectivity index (χ1) is 8.47. The van der Waals surface area contributed by atoms with Gasteiger partial charge >= 0.3 is 5.97 Å². The van der Waals surface area contributed by atoms with E-state index in [1.54, 1.807) is 13.0 Å². The molecule has 0 radical (unpaired) electrons. The standard InChI is InChI=1S/C12H15ClO5/c1-6-5-7(9(14)12(15)18-4)11(17-3)8(13)10(6)16-2/h5,9,14H,1-4H3. The zero-order valence-corrected chi connectivity index (χ0v) is 11.4. The molecule has 0 aromatic heterocycles. The second-order valence-electron chi connectivity index (χ2n) is 3.59. The van der Waals surface area contributed by atoms with Crippen LogP contribution in [0.2, 0.25) is 5.02 Å². The molecule has 0 bridgehead atoms. The minimum atomic E-state index is -1.45. The van der Waals surface area contributed by atoms with Gasteiger partial charge in [0.2, 0.25) is 0 Å². The van der Waals surface area contributed by atoms with E-state index in [1.165, 1.54) is 21.3 Å². The molecule has 0 aliphatic carbocycles. The average Bonchev–Trinajstić information content (AvgIpc) is 2.36. The number of carbonyl (C=O) groups excluding carboxylic acids is 1. The summed E-state index contributed by atoms with van der Waals surface area (Å²) in [6.07, 6.45) is -1.45. The number of methoxy groups -OCH3 is 3. The fourth-order valence-electron chi connectivity index (χ4n) is 1.67. The topological polar surface area (TPSA) is 65.0 Å². The van der Waals surface area contributed by atoms with Crippen LogP contribution >= 0.6 is 11.6 Å². The highest BCUT2D eigenvalue weighted by molar-refractivity contribution is 6.33. The minimum absolute atomic E-state index is 0.192. The molecular formula is C12H15ClO5. The molecule has 100 valence electrons. The predicted molar refractivity (Wildman–Crippen MR) is 66.3 cm³/mol. The summed E-state index contributed by atoms with van der Waals surface area (Å²) in [5.74, 6) is -0.153. The van der Waals surface area contributed by atoms with Gasteiger partial charge in [0.1, 0.15) is 16.5 Å². The lowest BCUT2D eigenvalue weighted by molar-refractivity contribution is -0.150. The first-order valence-corrected chi connectivity index (χ1v) is 5.52. The number of aliphatic hydroxyl groups is 1. The molecule has 0 fully saturated rings. The van der Waals surface area contributed by atoms with Crippen LogP contribution in [0, 0.1) is 6.92 Å². The number of aryl methyl sites for hydroxylation is 1. The summed E-state index contributed by atoms with van der Waals surface area (Å²) in [7, 11) is 4.06. The predicted octanol–water partition coefficient (Wildman–Crippen LogP) is 1.87. The second-order valence-corrected chi connectivity index (χ2v) is 3.97. The van der Waals surface area contributed by atoms with Gasteiger partial charge in [-0.2, -0.15) is 0 Å². The maximum absolute atomic E-state index is 11.4. The Kier molecular flexibility index (Phi) is 4.81. The highest BCUT2D eigenvalue weighted by Crippen LogP contribution is 2.42. The van der Waals surface area contributed by atoms with Crippen LogP contribution < -0.4 is 9.47 Å². The first-order valence-electron chi connectivity index (χ1n) is 5.14. The molecule has 0 aliphatic heterocycles. The van der Waals surface area contributed by atoms with Crippen LogP contribution in [0.1, 0.15) is 17.2 Å². The van der Waals surface area contributed by atoms with Crippen LogP contribution in [0.5, 0.6) is 11.5 Å². The minimum Gasteiger partial charge on any atom is -0.495 e. The van der Waals surface area contributed by atoms with Gasteiger partial charge in [-0.05, 0) is 18.6 Å². The van der Waals surface area contributed by atoms with Crippen LogP contribution in [0.3, 0.4) is 0 Å². The third kappa shape index (κ3) is 2.52. The van der Waals surface area contributed by atoms with E-state index in [4.69, 9.17) is 21.1 Å². The monoisotopic (exact) mass is 274 g/mol. The third-order valence-electron chi connectivity index (χ3n) is 2.52. The fraction of sp³-hybridized carbons (Fsp3) is 0.417. The third-order valence-corrected chi connectivity index (χ3v) is 2.86. The quantitative estimate of drug-likeness (QED) is 0.849. The number of rotatable bonds is 4. The maximum atomic E-state index is 11.4. The molecule has 1 N–H and O–H groups in total. The number of benzene rings is 1. The van der Waals surface area contributed by atoms with Crippen molar-refractivity contribution in [3.05, 3.63) is 22.2 Å². The molecule has 0 heterocycles. The van der Waals surface area contributed by atoms with Crippen molar-refractivity contribution >= 4 is 17.6 Å². The van der Waals surface area contributed by atoms with Crippen LogP contribution in [0.4, 0.5) is 0 Å². The Morgan fingerprint density at radius 2 is 1.83 bits per heavy atom. The SMILES string of the molecule is COC(=O)C(O)c1cc(C)c(OC)c(Cl)c1OC. The van der Waals surface area contributed by atoms with E-state index >= 15 is 0 Å². The van der Waals surface area contributed by atoms with Gasteiger partial charge in [-0.25, -0.2) is 4.79 Å². The van der Waals surface area contributed by atoms with Crippen molar-refractivity contribution < 1.29 is 24.1 Å². The lowest BCUT2D eigenvalue weighted by Crippen LogP contribution is -2.15. The molecule has 1 aromatic carbocycles. The molecule has 1 rings (SSSR count). The van der Waals surface area contributed by atoms with Crippen LogP contribution in [-0.2, 0) is 9.53 Å². The smallest absolute Gasteiger partial charge is 0.339 e. The van der Waals surface area contributed by atoms with Crippen molar-refractivity contribution in [2.75, 3.05) is 21.3 Å². The normalized spacial score (nSPS) is 11.9. The van der Waals surface area contributed by atoms with E-state index in [9.17, 15) is 9.90 Å². The molecule has 1 aromatic rings. The van der Waals surface area contributed by atoms with E-state index in [2.05, 4.69) is 4.74 Å². The van der Waals surface area contributed by atoms with Gasteiger partial charge in [-0.3, -0.25) is 0 Å². The molecular weight excluding hydrogens is 260 g/mol. The Balaban J connectivity index is 3.41. The Bertz CT molecular complexity index is 458. The van der Waals surface area contributed by atoms with Crippen molar-refractivity contribution in [2.45, 2.75) is 13.0 Å². The van der Waals surface area contributed by atoms with Crippen LogP contribution in [0.15, 0.2) is 6.07 Å². The summed E-state index contributed by atoms with van der Waals surface area (Å²) in [6, 6.07) is 1.57. The van der Waals surface area contributed by atoms with E-state index in [0.717, 1.165) is 0 Å². The van der Waals surface area contributed by atoms with E-state index in [0.29, 0.717) is 11.3 Å². The lowest BCUT2D eigenvalue weighted by atomic mass is 10.0. The zero-order chi connectivity index (χ0) is 13.9. The molecule has 0 saturated heterocycles. The average molecular weight is 275 g/mol. The summed E-state index contributed by atoms with van der Waals surface area (Å²) < 4.78 is 14.7. The van der Waals surface area contributed by atoms with Gasteiger partial charge in [0, 0.05) is 5.56 Å². The number of hydrogen-bond acceptors (Lipinski definition) is 5. The van der Waals surface area contributed by atoms with Crippen molar-refractivity contribution in [3.63, 3.8) is 0 Å². The van der Waals surface area contributed by atoms with E-state index in [-0.39, 0.29) is 16.3 Å². The number of ether oxygens (including phenoxy) is 3. The summed E-state index contributed by atoms with van der Waals surface area (Å²) in [4.78, 5) is 11.4.